The molecule has 0 aromatic heterocycles. The Balaban J connectivity index is 3.22. The molecule has 0 rings (SSSR count). The summed E-state index contributed by atoms with van der Waals surface area (Å²) in [4.78, 5) is 11.2. The average molecular weight is 246 g/mol. The van der Waals surface area contributed by atoms with Gasteiger partial charge in [-0.2, -0.15) is 0 Å². The Hall–Kier alpha value is -0.610. The van der Waals surface area contributed by atoms with Crippen LogP contribution in [0.15, 0.2) is 0 Å². The predicted molar refractivity (Wildman–Crippen MR) is 66.7 cm³/mol. The van der Waals surface area contributed by atoms with Gasteiger partial charge in [-0.05, 0) is 6.42 Å². The molecule has 0 aliphatic rings. The highest BCUT2D eigenvalue weighted by molar-refractivity contribution is 5.69. The predicted octanol–water partition coefficient (Wildman–Crippen LogP) is 2.02. The van der Waals surface area contributed by atoms with Crippen LogP contribution in [-0.2, 0) is 9.53 Å². The largest absolute Gasteiger partial charge is 0.463 e. The van der Waals surface area contributed by atoms with Gasteiger partial charge in [0.2, 0.25) is 0 Å². The van der Waals surface area contributed by atoms with Crippen LogP contribution in [-0.4, -0.2) is 35.5 Å². The summed E-state index contributed by atoms with van der Waals surface area (Å²) in [6.45, 7) is 1.72. The van der Waals surface area contributed by atoms with Gasteiger partial charge in [0, 0.05) is 6.42 Å². The minimum Gasteiger partial charge on any atom is -0.463 e. The number of aliphatic hydroxyl groups is 2. The lowest BCUT2D eigenvalue weighted by molar-refractivity contribution is -0.147. The van der Waals surface area contributed by atoms with E-state index in [-0.39, 0.29) is 19.2 Å². The molecule has 0 heterocycles. The zero-order valence-electron chi connectivity index (χ0n) is 10.9. The molecule has 0 aliphatic heterocycles. The minimum atomic E-state index is -0.951. The van der Waals surface area contributed by atoms with E-state index in [1.807, 2.05) is 0 Å². The third-order valence-electron chi connectivity index (χ3n) is 2.63. The fraction of sp³-hybridized carbons (Fsp3) is 0.923. The topological polar surface area (TPSA) is 66.8 Å². The number of hydrogen-bond acceptors (Lipinski definition) is 4. The first kappa shape index (κ1) is 16.4. The normalized spacial score (nSPS) is 12.4. The summed E-state index contributed by atoms with van der Waals surface area (Å²) in [5.41, 5.74) is 0. The van der Waals surface area contributed by atoms with E-state index >= 15 is 0 Å². The molecular formula is C13H26O4. The maximum absolute atomic E-state index is 11.2. The number of hydrogen-bond donors (Lipinski definition) is 2. The van der Waals surface area contributed by atoms with Gasteiger partial charge in [-0.3, -0.25) is 4.79 Å². The van der Waals surface area contributed by atoms with E-state index in [1.165, 1.54) is 32.1 Å². The number of aliphatic hydroxyl groups excluding tert-OH is 2. The van der Waals surface area contributed by atoms with Crippen LogP contribution in [0.5, 0.6) is 0 Å². The third kappa shape index (κ3) is 11.6. The van der Waals surface area contributed by atoms with Crippen LogP contribution in [0.2, 0.25) is 0 Å². The lowest BCUT2D eigenvalue weighted by atomic mass is 10.1. The fourth-order valence-electron chi connectivity index (χ4n) is 1.54. The van der Waals surface area contributed by atoms with E-state index in [0.717, 1.165) is 12.8 Å². The van der Waals surface area contributed by atoms with Crippen LogP contribution in [0.25, 0.3) is 0 Å². The zero-order valence-corrected chi connectivity index (χ0v) is 10.9. The molecule has 17 heavy (non-hydrogen) atoms. The zero-order chi connectivity index (χ0) is 12.9. The van der Waals surface area contributed by atoms with Crippen molar-refractivity contribution in [1.82, 2.24) is 0 Å². The Morgan fingerprint density at radius 2 is 1.71 bits per heavy atom. The highest BCUT2D eigenvalue weighted by Crippen LogP contribution is 2.08. The molecule has 0 radical (unpaired) electrons. The van der Waals surface area contributed by atoms with Crippen molar-refractivity contribution in [2.45, 2.75) is 64.4 Å². The number of carbonyl (C=O) groups excluding carboxylic acids is 1. The first-order valence-electron chi connectivity index (χ1n) is 6.65. The first-order valence-corrected chi connectivity index (χ1v) is 6.65. The lowest BCUT2D eigenvalue weighted by Gasteiger charge is -2.08. The standard InChI is InChI=1S/C13H26O4/c1-2-3-4-5-6-7-8-9-13(16)17-11-12(15)10-14/h12,14-15H,2-11H2,1H3/t12-/m0/s1. The van der Waals surface area contributed by atoms with E-state index in [1.54, 1.807) is 0 Å². The summed E-state index contributed by atoms with van der Waals surface area (Å²) in [6, 6.07) is 0. The monoisotopic (exact) mass is 246 g/mol. The number of rotatable bonds is 11. The van der Waals surface area contributed by atoms with Crippen molar-refractivity contribution < 1.29 is 19.7 Å². The second-order valence-corrected chi connectivity index (χ2v) is 4.39. The van der Waals surface area contributed by atoms with E-state index in [9.17, 15) is 4.79 Å². The van der Waals surface area contributed by atoms with Crippen LogP contribution < -0.4 is 0 Å². The van der Waals surface area contributed by atoms with Crippen molar-refractivity contribution >= 4 is 5.97 Å². The number of ether oxygens (including phenoxy) is 1. The number of esters is 1. The molecule has 1 atom stereocenters. The summed E-state index contributed by atoms with van der Waals surface area (Å²) in [6.07, 6.45) is 7.60. The van der Waals surface area contributed by atoms with E-state index in [4.69, 9.17) is 14.9 Å². The molecule has 102 valence electrons. The lowest BCUT2D eigenvalue weighted by Crippen LogP contribution is -2.21. The Morgan fingerprint density at radius 3 is 2.29 bits per heavy atom. The number of carbonyl (C=O) groups is 1. The Morgan fingerprint density at radius 1 is 1.12 bits per heavy atom. The maximum Gasteiger partial charge on any atom is 0.305 e. The van der Waals surface area contributed by atoms with Crippen LogP contribution in [0.3, 0.4) is 0 Å². The fourth-order valence-corrected chi connectivity index (χ4v) is 1.54. The molecule has 0 aromatic carbocycles. The molecule has 0 bridgehead atoms. The molecule has 4 heteroatoms. The highest BCUT2D eigenvalue weighted by Gasteiger charge is 2.07. The maximum atomic E-state index is 11.2. The Labute approximate surface area is 104 Å². The van der Waals surface area contributed by atoms with Gasteiger partial charge in [0.05, 0.1) is 6.61 Å². The molecular weight excluding hydrogens is 220 g/mol. The summed E-state index contributed by atoms with van der Waals surface area (Å²) < 4.78 is 4.79. The van der Waals surface area contributed by atoms with Crippen molar-refractivity contribution in [3.8, 4) is 0 Å². The smallest absolute Gasteiger partial charge is 0.305 e. The Kier molecular flexibility index (Phi) is 11.4. The van der Waals surface area contributed by atoms with Gasteiger partial charge in [-0.1, -0.05) is 45.4 Å². The summed E-state index contributed by atoms with van der Waals surface area (Å²) in [5.74, 6) is -0.286. The van der Waals surface area contributed by atoms with E-state index < -0.39 is 6.10 Å². The molecule has 0 fully saturated rings. The molecule has 0 aromatic rings. The quantitative estimate of drug-likeness (QED) is 0.432. The van der Waals surface area contributed by atoms with Gasteiger partial charge in [0.1, 0.15) is 12.7 Å². The summed E-state index contributed by atoms with van der Waals surface area (Å²) in [7, 11) is 0. The second kappa shape index (κ2) is 11.9. The molecule has 0 unspecified atom stereocenters. The minimum absolute atomic E-state index is 0.105. The van der Waals surface area contributed by atoms with Crippen LogP contribution in [0.1, 0.15) is 58.3 Å². The molecule has 2 N–H and O–H groups in total. The van der Waals surface area contributed by atoms with Gasteiger partial charge in [-0.25, -0.2) is 0 Å². The van der Waals surface area contributed by atoms with E-state index in [0.29, 0.717) is 6.42 Å². The SMILES string of the molecule is CCCCCCCCCC(=O)OC[C@@H](O)CO. The Bertz CT molecular complexity index is 182. The van der Waals surface area contributed by atoms with Crippen molar-refractivity contribution in [3.63, 3.8) is 0 Å². The third-order valence-corrected chi connectivity index (χ3v) is 2.63. The van der Waals surface area contributed by atoms with Gasteiger partial charge >= 0.3 is 5.97 Å². The molecule has 0 amide bonds. The van der Waals surface area contributed by atoms with Crippen LogP contribution in [0, 0.1) is 0 Å². The molecule has 0 spiro atoms. The van der Waals surface area contributed by atoms with Gasteiger partial charge < -0.3 is 14.9 Å². The van der Waals surface area contributed by atoms with Crippen LogP contribution >= 0.6 is 0 Å². The molecule has 4 nitrogen and oxygen atoms in total. The highest BCUT2D eigenvalue weighted by atomic mass is 16.5. The molecule has 0 saturated carbocycles. The second-order valence-electron chi connectivity index (χ2n) is 4.39. The molecule has 0 aliphatic carbocycles. The summed E-state index contributed by atoms with van der Waals surface area (Å²) in [5, 5.41) is 17.5. The molecule has 0 saturated heterocycles. The van der Waals surface area contributed by atoms with Crippen molar-refractivity contribution in [3.05, 3.63) is 0 Å². The van der Waals surface area contributed by atoms with Crippen molar-refractivity contribution in [2.24, 2.45) is 0 Å². The van der Waals surface area contributed by atoms with Gasteiger partial charge in [-0.15, -0.1) is 0 Å². The van der Waals surface area contributed by atoms with Crippen LogP contribution in [0.4, 0.5) is 0 Å². The van der Waals surface area contributed by atoms with Gasteiger partial charge in [0.15, 0.2) is 0 Å². The number of unbranched alkanes of at least 4 members (excludes halogenated alkanes) is 6. The van der Waals surface area contributed by atoms with E-state index in [2.05, 4.69) is 6.92 Å². The first-order chi connectivity index (χ1) is 8.20. The van der Waals surface area contributed by atoms with Crippen molar-refractivity contribution in [2.75, 3.05) is 13.2 Å². The van der Waals surface area contributed by atoms with Crippen molar-refractivity contribution in [1.29, 1.82) is 0 Å². The summed E-state index contributed by atoms with van der Waals surface area (Å²) >= 11 is 0. The average Bonchev–Trinajstić information content (AvgIpc) is 2.34. The van der Waals surface area contributed by atoms with Gasteiger partial charge in [0.25, 0.3) is 0 Å².